The molecule has 4 N–H and O–H groups in total. The van der Waals surface area contributed by atoms with Gasteiger partial charge in [-0.05, 0) is 64.7 Å². The van der Waals surface area contributed by atoms with Crippen LogP contribution in [0.5, 0.6) is 0 Å². The number of nitrogens with one attached hydrogen (secondary N) is 2. The molecule has 260 valence electrons. The number of sulfonamides is 1. The molecule has 15 heteroatoms. The number of hydrogen-bond acceptors (Lipinski definition) is 9. The normalized spacial score (nSPS) is 31.7. The highest BCUT2D eigenvalue weighted by Crippen LogP contribution is 2.38. The molecule has 3 unspecified atom stereocenters. The molecule has 1 saturated carbocycles. The Labute approximate surface area is 275 Å². The van der Waals surface area contributed by atoms with Crippen LogP contribution in [0.3, 0.4) is 0 Å². The van der Waals surface area contributed by atoms with Crippen LogP contribution in [-0.4, -0.2) is 124 Å². The molecule has 6 fully saturated rings. The second-order valence-corrected chi connectivity index (χ2v) is 16.5. The molecule has 2 aromatic rings. The largest absolute Gasteiger partial charge is 0.381 e. The topological polar surface area (TPSA) is 141 Å². The van der Waals surface area contributed by atoms with Gasteiger partial charge in [-0.3, -0.25) is 9.69 Å². The van der Waals surface area contributed by atoms with Crippen molar-refractivity contribution in [1.82, 2.24) is 39.3 Å². The fourth-order valence-electron chi connectivity index (χ4n) is 9.14. The predicted molar refractivity (Wildman–Crippen MR) is 175 cm³/mol. The van der Waals surface area contributed by atoms with Gasteiger partial charge in [0.25, 0.3) is 5.91 Å². The monoisotopic (exact) mass is 677 g/mol. The van der Waals surface area contributed by atoms with Crippen LogP contribution in [-0.2, 0) is 10.0 Å². The summed E-state index contributed by atoms with van der Waals surface area (Å²) in [5.41, 5.74) is 5.80. The lowest BCUT2D eigenvalue weighted by atomic mass is 9.72. The minimum atomic E-state index is -3.49. The highest BCUT2D eigenvalue weighted by Gasteiger charge is 2.53. The molecule has 1 spiro atoms. The Balaban J connectivity index is 1.16. The van der Waals surface area contributed by atoms with Crippen LogP contribution in [0, 0.1) is 5.82 Å². The number of alkyl halides is 1. The summed E-state index contributed by atoms with van der Waals surface area (Å²) in [7, 11) is -3.49. The zero-order chi connectivity index (χ0) is 32.8. The van der Waals surface area contributed by atoms with E-state index in [4.69, 9.17) is 5.73 Å². The number of aromatic nitrogens is 3. The summed E-state index contributed by atoms with van der Waals surface area (Å²) >= 11 is 0. The lowest BCUT2D eigenvalue weighted by Crippen LogP contribution is -2.75. The highest BCUT2D eigenvalue weighted by molar-refractivity contribution is 7.89. The predicted octanol–water partition coefficient (Wildman–Crippen LogP) is 2.31. The summed E-state index contributed by atoms with van der Waals surface area (Å²) in [6, 6.07) is -1.20. The number of amides is 1. The number of rotatable bonds is 5. The van der Waals surface area contributed by atoms with Crippen molar-refractivity contribution in [2.24, 2.45) is 0 Å². The van der Waals surface area contributed by atoms with E-state index in [1.54, 1.807) is 4.31 Å². The van der Waals surface area contributed by atoms with E-state index in [2.05, 4.69) is 30.5 Å². The number of fused-ring (bicyclic) bond motifs is 5. The fraction of sp³-hybridized carbons (Fsp3) is 0.781. The molecule has 7 heterocycles. The van der Waals surface area contributed by atoms with Gasteiger partial charge >= 0.3 is 0 Å². The molecular formula is C32H49F2N9O3S. The molecule has 8 rings (SSSR count). The van der Waals surface area contributed by atoms with Crippen LogP contribution in [0.1, 0.15) is 87.4 Å². The van der Waals surface area contributed by atoms with E-state index in [-0.39, 0.29) is 29.6 Å². The van der Waals surface area contributed by atoms with E-state index in [1.165, 1.54) is 0 Å². The maximum atomic E-state index is 16.3. The van der Waals surface area contributed by atoms with Crippen molar-refractivity contribution in [2.75, 3.05) is 51.5 Å². The number of halogens is 2. The Bertz CT molecular complexity index is 1530. The van der Waals surface area contributed by atoms with Crippen molar-refractivity contribution < 1.29 is 22.0 Å². The van der Waals surface area contributed by atoms with Gasteiger partial charge in [-0.2, -0.15) is 4.31 Å². The molecule has 1 aliphatic carbocycles. The summed E-state index contributed by atoms with van der Waals surface area (Å²) in [6.45, 7) is 4.25. The molecule has 47 heavy (non-hydrogen) atoms. The molecule has 3 atom stereocenters. The van der Waals surface area contributed by atoms with Crippen molar-refractivity contribution >= 4 is 27.4 Å². The average Bonchev–Trinajstić information content (AvgIpc) is 3.15. The van der Waals surface area contributed by atoms with Gasteiger partial charge in [0.1, 0.15) is 11.7 Å². The lowest BCUT2D eigenvalue weighted by Gasteiger charge is -2.54. The van der Waals surface area contributed by atoms with Crippen LogP contribution in [0.4, 0.5) is 14.6 Å². The molecule has 5 aliphatic heterocycles. The minimum Gasteiger partial charge on any atom is -0.381 e. The van der Waals surface area contributed by atoms with Crippen LogP contribution < -0.4 is 16.4 Å². The first-order valence-corrected chi connectivity index (χ1v) is 19.1. The molecule has 0 aromatic carbocycles. The van der Waals surface area contributed by atoms with Crippen LogP contribution in [0.25, 0.3) is 5.65 Å². The van der Waals surface area contributed by atoms with Gasteiger partial charge in [-0.25, -0.2) is 26.7 Å². The first-order chi connectivity index (χ1) is 22.7. The maximum Gasteiger partial charge on any atom is 0.259 e. The number of piperidine rings is 3. The summed E-state index contributed by atoms with van der Waals surface area (Å²) in [6.07, 6.45) is 11.4. The molecule has 5 saturated heterocycles. The third-order valence-electron chi connectivity index (χ3n) is 11.7. The number of likely N-dealkylation sites (tertiary alicyclic amines) is 1. The number of hydrogen-bond donors (Lipinski definition) is 3. The zero-order valence-electron chi connectivity index (χ0n) is 27.1. The van der Waals surface area contributed by atoms with Gasteiger partial charge in [0, 0.05) is 31.2 Å². The zero-order valence-corrected chi connectivity index (χ0v) is 27.9. The number of nitrogens with zero attached hydrogens (tertiary/aromatic N) is 6. The first kappa shape index (κ1) is 33.1. The van der Waals surface area contributed by atoms with Gasteiger partial charge < -0.3 is 21.3 Å². The molecule has 1 amide bonds. The lowest BCUT2D eigenvalue weighted by molar-refractivity contribution is -0.00795. The number of nitrogen functional groups attached to an aromatic ring is 1. The first-order valence-electron chi connectivity index (χ1n) is 17.6. The van der Waals surface area contributed by atoms with E-state index in [9.17, 15) is 17.6 Å². The number of carbonyl (C=O) groups excluding carboxylic acids is 1. The second kappa shape index (κ2) is 13.4. The SMILES string of the molecule is Nc1nn2cc(F)cnc2c1C(=O)NC1C(N2CCC(S(=O)(=O)N3CCN4CCC3CC4)CC2)C(F)CNC12CCCCCCCC2. The third-order valence-corrected chi connectivity index (χ3v) is 14.1. The van der Waals surface area contributed by atoms with E-state index in [0.29, 0.717) is 32.5 Å². The van der Waals surface area contributed by atoms with Crippen LogP contribution >= 0.6 is 0 Å². The number of anilines is 1. The van der Waals surface area contributed by atoms with Crippen molar-refractivity contribution in [2.45, 2.75) is 112 Å². The standard InChI is InChI=1S/C32H49F2N9O3S/c33-22-19-36-30-26(29(35)39-42(30)21-22)31(44)38-28-27(25(34)20-37-32(28)11-5-3-1-2-4-6-12-32)41-15-9-24(10-16-41)47(45,46)43-18-17-40-13-7-23(43)8-14-40/h19,21,23-25,27-28,37H,1-18,20H2,(H2,35,39)(H,38,44). The summed E-state index contributed by atoms with van der Waals surface area (Å²) in [5, 5.41) is 10.4. The Kier molecular flexibility index (Phi) is 9.46. The Morgan fingerprint density at radius 2 is 1.66 bits per heavy atom. The summed E-state index contributed by atoms with van der Waals surface area (Å²) in [4.78, 5) is 22.6. The smallest absolute Gasteiger partial charge is 0.259 e. The van der Waals surface area contributed by atoms with E-state index in [1.807, 2.05) is 0 Å². The molecule has 2 bridgehead atoms. The van der Waals surface area contributed by atoms with E-state index in [0.717, 1.165) is 101 Å². The van der Waals surface area contributed by atoms with Crippen LogP contribution in [0.2, 0.25) is 0 Å². The number of carbonyl (C=O) groups is 1. The van der Waals surface area contributed by atoms with Gasteiger partial charge in [-0.1, -0.05) is 38.5 Å². The molecule has 6 aliphatic rings. The quantitative estimate of drug-likeness (QED) is 0.435. The maximum absolute atomic E-state index is 16.3. The molecular weight excluding hydrogens is 628 g/mol. The summed E-state index contributed by atoms with van der Waals surface area (Å²) < 4.78 is 61.1. The van der Waals surface area contributed by atoms with Crippen molar-refractivity contribution in [3.63, 3.8) is 0 Å². The minimum absolute atomic E-state index is 0.0377. The van der Waals surface area contributed by atoms with Crippen molar-refractivity contribution in [3.8, 4) is 0 Å². The van der Waals surface area contributed by atoms with Crippen molar-refractivity contribution in [1.29, 1.82) is 0 Å². The van der Waals surface area contributed by atoms with E-state index >= 15 is 4.39 Å². The summed E-state index contributed by atoms with van der Waals surface area (Å²) in [5.74, 6) is -1.21. The number of nitrogens with two attached hydrogens (primary N) is 1. The van der Waals surface area contributed by atoms with Gasteiger partial charge in [0.15, 0.2) is 17.3 Å². The van der Waals surface area contributed by atoms with Crippen LogP contribution in [0.15, 0.2) is 12.4 Å². The molecule has 0 radical (unpaired) electrons. The van der Waals surface area contributed by atoms with E-state index < -0.39 is 50.8 Å². The van der Waals surface area contributed by atoms with Gasteiger partial charge in [0.2, 0.25) is 10.0 Å². The third kappa shape index (κ3) is 6.38. The Hall–Kier alpha value is -2.46. The van der Waals surface area contributed by atoms with Gasteiger partial charge in [0.05, 0.1) is 29.7 Å². The Morgan fingerprint density at radius 3 is 2.36 bits per heavy atom. The van der Waals surface area contributed by atoms with Crippen molar-refractivity contribution in [3.05, 3.63) is 23.8 Å². The molecule has 2 aromatic heterocycles. The average molecular weight is 678 g/mol. The highest BCUT2D eigenvalue weighted by atomic mass is 32.2. The van der Waals surface area contributed by atoms with Gasteiger partial charge in [-0.15, -0.1) is 5.10 Å². The second-order valence-electron chi connectivity index (χ2n) is 14.4. The molecule has 12 nitrogen and oxygen atoms in total. The Morgan fingerprint density at radius 1 is 0.979 bits per heavy atom. The fourth-order valence-corrected chi connectivity index (χ4v) is 11.3.